The SMILES string of the molecule is O=C(Nc1ccc(F)cc1F)c1cnn2c(C(F)(F)F)cc(-c3cccs3)nc12. The van der Waals surface area contributed by atoms with E-state index < -0.39 is 29.4 Å². The third-order valence-electron chi connectivity index (χ3n) is 3.96. The van der Waals surface area contributed by atoms with Crippen LogP contribution >= 0.6 is 11.3 Å². The van der Waals surface area contributed by atoms with Crippen molar-refractivity contribution in [3.8, 4) is 10.6 Å². The van der Waals surface area contributed by atoms with Crippen LogP contribution in [-0.4, -0.2) is 20.5 Å². The molecule has 148 valence electrons. The zero-order valence-corrected chi connectivity index (χ0v) is 15.0. The highest BCUT2D eigenvalue weighted by atomic mass is 32.1. The van der Waals surface area contributed by atoms with E-state index in [1.807, 2.05) is 0 Å². The summed E-state index contributed by atoms with van der Waals surface area (Å²) in [6, 6.07) is 6.59. The summed E-state index contributed by atoms with van der Waals surface area (Å²) in [4.78, 5) is 17.2. The molecule has 0 saturated carbocycles. The lowest BCUT2D eigenvalue weighted by atomic mass is 10.2. The minimum atomic E-state index is -4.75. The molecular weight excluding hydrogens is 415 g/mol. The number of nitrogens with zero attached hydrogens (tertiary/aromatic N) is 3. The molecule has 1 aromatic carbocycles. The molecule has 0 aliphatic heterocycles. The summed E-state index contributed by atoms with van der Waals surface area (Å²) in [5, 5.41) is 7.50. The van der Waals surface area contributed by atoms with Crippen molar-refractivity contribution in [3.63, 3.8) is 0 Å². The van der Waals surface area contributed by atoms with E-state index in [9.17, 15) is 26.7 Å². The van der Waals surface area contributed by atoms with Crippen LogP contribution in [0, 0.1) is 11.6 Å². The van der Waals surface area contributed by atoms with E-state index in [-0.39, 0.29) is 22.6 Å². The van der Waals surface area contributed by atoms with Crippen molar-refractivity contribution >= 4 is 28.6 Å². The van der Waals surface area contributed by atoms with E-state index in [2.05, 4.69) is 15.4 Å². The number of nitrogens with one attached hydrogen (secondary N) is 1. The predicted octanol–water partition coefficient (Wildman–Crippen LogP) is 5.01. The van der Waals surface area contributed by atoms with Crippen LogP contribution in [0.2, 0.25) is 0 Å². The van der Waals surface area contributed by atoms with E-state index in [0.29, 0.717) is 15.5 Å². The van der Waals surface area contributed by atoms with Gasteiger partial charge in [-0.2, -0.15) is 18.3 Å². The van der Waals surface area contributed by atoms with Gasteiger partial charge in [0.2, 0.25) is 0 Å². The topological polar surface area (TPSA) is 59.3 Å². The van der Waals surface area contributed by atoms with Crippen molar-refractivity contribution in [1.29, 1.82) is 0 Å². The Labute approximate surface area is 163 Å². The maximum atomic E-state index is 13.8. The number of thiophene rings is 1. The maximum Gasteiger partial charge on any atom is 0.433 e. The molecule has 0 spiro atoms. The zero-order chi connectivity index (χ0) is 20.8. The molecular formula is C18H9F5N4OS. The first-order valence-electron chi connectivity index (χ1n) is 8.00. The first kappa shape index (κ1) is 19.0. The summed E-state index contributed by atoms with van der Waals surface area (Å²) in [6.07, 6.45) is -3.84. The standard InChI is InChI=1S/C18H9F5N4OS/c19-9-3-4-12(11(20)6-9)26-17(28)10-8-24-27-15(18(21,22)23)7-13(25-16(10)27)14-2-1-5-29-14/h1-8H,(H,26,28). The Morgan fingerprint density at radius 2 is 1.93 bits per heavy atom. The average molecular weight is 424 g/mol. The number of benzene rings is 1. The van der Waals surface area contributed by atoms with Crippen LogP contribution in [0.3, 0.4) is 0 Å². The molecule has 1 N–H and O–H groups in total. The van der Waals surface area contributed by atoms with Crippen LogP contribution in [-0.2, 0) is 6.18 Å². The number of amides is 1. The van der Waals surface area contributed by atoms with Crippen molar-refractivity contribution in [1.82, 2.24) is 14.6 Å². The molecule has 11 heteroatoms. The summed E-state index contributed by atoms with van der Waals surface area (Å²) in [5.74, 6) is -2.80. The normalized spacial score (nSPS) is 11.8. The molecule has 0 bridgehead atoms. The van der Waals surface area contributed by atoms with Gasteiger partial charge in [0, 0.05) is 6.07 Å². The number of anilines is 1. The fraction of sp³-hybridized carbons (Fsp3) is 0.0556. The molecule has 0 unspecified atom stereocenters. The molecule has 4 rings (SSSR count). The average Bonchev–Trinajstić information content (AvgIpc) is 3.31. The fourth-order valence-electron chi connectivity index (χ4n) is 2.66. The molecule has 4 aromatic rings. The number of rotatable bonds is 3. The zero-order valence-electron chi connectivity index (χ0n) is 14.2. The molecule has 29 heavy (non-hydrogen) atoms. The van der Waals surface area contributed by atoms with Crippen LogP contribution in [0.15, 0.2) is 48.0 Å². The Balaban J connectivity index is 1.83. The van der Waals surface area contributed by atoms with Gasteiger partial charge in [0.25, 0.3) is 5.91 Å². The van der Waals surface area contributed by atoms with Gasteiger partial charge < -0.3 is 5.32 Å². The van der Waals surface area contributed by atoms with Gasteiger partial charge in [-0.15, -0.1) is 11.3 Å². The van der Waals surface area contributed by atoms with Gasteiger partial charge >= 0.3 is 6.18 Å². The third kappa shape index (κ3) is 3.56. The second kappa shape index (κ2) is 6.92. The maximum absolute atomic E-state index is 13.8. The van der Waals surface area contributed by atoms with Crippen molar-refractivity contribution in [2.45, 2.75) is 6.18 Å². The number of halogens is 5. The Hall–Kier alpha value is -3.34. The quantitative estimate of drug-likeness (QED) is 0.471. The Bertz CT molecular complexity index is 1220. The number of aromatic nitrogens is 3. The van der Waals surface area contributed by atoms with E-state index in [1.54, 1.807) is 17.5 Å². The molecule has 0 radical (unpaired) electrons. The number of carbonyl (C=O) groups is 1. The monoisotopic (exact) mass is 424 g/mol. The molecule has 0 atom stereocenters. The summed E-state index contributed by atoms with van der Waals surface area (Å²) < 4.78 is 67.9. The van der Waals surface area contributed by atoms with Gasteiger partial charge in [-0.3, -0.25) is 4.79 Å². The lowest BCUT2D eigenvalue weighted by molar-refractivity contribution is -0.142. The molecule has 5 nitrogen and oxygen atoms in total. The highest BCUT2D eigenvalue weighted by Gasteiger charge is 2.36. The molecule has 3 heterocycles. The second-order valence-electron chi connectivity index (χ2n) is 5.87. The van der Waals surface area contributed by atoms with Gasteiger partial charge in [0.15, 0.2) is 11.3 Å². The van der Waals surface area contributed by atoms with Gasteiger partial charge in [0.05, 0.1) is 22.5 Å². The number of fused-ring (bicyclic) bond motifs is 1. The molecule has 0 aliphatic carbocycles. The van der Waals surface area contributed by atoms with Gasteiger partial charge in [-0.25, -0.2) is 18.3 Å². The van der Waals surface area contributed by atoms with Crippen molar-refractivity contribution in [3.05, 3.63) is 70.9 Å². The molecule has 3 aromatic heterocycles. The van der Waals surface area contributed by atoms with E-state index >= 15 is 0 Å². The third-order valence-corrected chi connectivity index (χ3v) is 4.85. The van der Waals surface area contributed by atoms with Crippen LogP contribution in [0.1, 0.15) is 16.1 Å². The minimum Gasteiger partial charge on any atom is -0.319 e. The Kier molecular flexibility index (Phi) is 4.53. The summed E-state index contributed by atoms with van der Waals surface area (Å²) in [7, 11) is 0. The Morgan fingerprint density at radius 3 is 2.59 bits per heavy atom. The van der Waals surface area contributed by atoms with Crippen molar-refractivity contribution in [2.24, 2.45) is 0 Å². The van der Waals surface area contributed by atoms with Crippen LogP contribution < -0.4 is 5.32 Å². The van der Waals surface area contributed by atoms with Gasteiger partial charge in [-0.05, 0) is 29.6 Å². The summed E-state index contributed by atoms with van der Waals surface area (Å²) in [6.45, 7) is 0. The lowest BCUT2D eigenvalue weighted by Crippen LogP contribution is -2.16. The number of carbonyl (C=O) groups excluding carboxylic acids is 1. The molecule has 0 saturated heterocycles. The smallest absolute Gasteiger partial charge is 0.319 e. The predicted molar refractivity (Wildman–Crippen MR) is 95.6 cm³/mol. The largest absolute Gasteiger partial charge is 0.433 e. The number of hydrogen-bond donors (Lipinski definition) is 1. The molecule has 1 amide bonds. The summed E-state index contributed by atoms with van der Waals surface area (Å²) in [5.41, 5.74) is -2.07. The second-order valence-corrected chi connectivity index (χ2v) is 6.82. The number of hydrogen-bond acceptors (Lipinski definition) is 4. The first-order chi connectivity index (χ1) is 13.7. The molecule has 0 aliphatic rings. The lowest BCUT2D eigenvalue weighted by Gasteiger charge is -2.11. The van der Waals surface area contributed by atoms with E-state index in [4.69, 9.17) is 0 Å². The van der Waals surface area contributed by atoms with Crippen molar-refractivity contribution in [2.75, 3.05) is 5.32 Å². The fourth-order valence-corrected chi connectivity index (χ4v) is 3.34. The van der Waals surface area contributed by atoms with Gasteiger partial charge in [0.1, 0.15) is 17.2 Å². The van der Waals surface area contributed by atoms with Crippen molar-refractivity contribution < 1.29 is 26.7 Å². The number of alkyl halides is 3. The minimum absolute atomic E-state index is 0.0161. The Morgan fingerprint density at radius 1 is 1.14 bits per heavy atom. The highest BCUT2D eigenvalue weighted by Crippen LogP contribution is 2.34. The van der Waals surface area contributed by atoms with Crippen LogP contribution in [0.25, 0.3) is 16.2 Å². The van der Waals surface area contributed by atoms with Gasteiger partial charge in [-0.1, -0.05) is 6.07 Å². The highest BCUT2D eigenvalue weighted by molar-refractivity contribution is 7.13. The first-order valence-corrected chi connectivity index (χ1v) is 8.88. The summed E-state index contributed by atoms with van der Waals surface area (Å²) >= 11 is 1.18. The van der Waals surface area contributed by atoms with E-state index in [0.717, 1.165) is 24.4 Å². The van der Waals surface area contributed by atoms with Crippen LogP contribution in [0.5, 0.6) is 0 Å². The van der Waals surface area contributed by atoms with Crippen LogP contribution in [0.4, 0.5) is 27.6 Å². The van der Waals surface area contributed by atoms with E-state index in [1.165, 1.54) is 11.3 Å². The molecule has 0 fully saturated rings.